The molecule has 3 aromatic rings. The normalized spacial score (nSPS) is 19.3. The van der Waals surface area contributed by atoms with Crippen molar-refractivity contribution in [2.45, 2.75) is 12.1 Å². The molecule has 2 aromatic heterocycles. The number of aromatic nitrogens is 2. The fourth-order valence-corrected chi connectivity index (χ4v) is 3.90. The molecule has 2 N–H and O–H groups in total. The summed E-state index contributed by atoms with van der Waals surface area (Å²) in [6.07, 6.45) is 3.65. The van der Waals surface area contributed by atoms with Gasteiger partial charge in [-0.05, 0) is 54.7 Å². The summed E-state index contributed by atoms with van der Waals surface area (Å²) < 4.78 is 15.7. The van der Waals surface area contributed by atoms with Crippen molar-refractivity contribution in [3.63, 3.8) is 0 Å². The first-order chi connectivity index (χ1) is 13.2. The van der Waals surface area contributed by atoms with E-state index in [1.165, 1.54) is 12.1 Å². The number of nitrogens with zero attached hydrogens (tertiary/aromatic N) is 3. The minimum atomic E-state index is -0.291. The third-order valence-electron chi connectivity index (χ3n) is 4.71. The number of pyridine rings is 1. The predicted molar refractivity (Wildman–Crippen MR) is 105 cm³/mol. The first-order valence-electron chi connectivity index (χ1n) is 8.71. The van der Waals surface area contributed by atoms with Gasteiger partial charge in [-0.15, -0.1) is 0 Å². The maximum absolute atomic E-state index is 13.8. The van der Waals surface area contributed by atoms with Crippen LogP contribution in [0.3, 0.4) is 0 Å². The average molecular weight is 382 g/mol. The third-order valence-corrected chi connectivity index (χ3v) is 5.06. The number of aliphatic hydroxyl groups is 1. The summed E-state index contributed by atoms with van der Waals surface area (Å²) >= 11 is 5.52. The molecule has 3 heterocycles. The van der Waals surface area contributed by atoms with E-state index in [-0.39, 0.29) is 24.5 Å². The molecule has 2 atom stereocenters. The summed E-state index contributed by atoms with van der Waals surface area (Å²) in [7, 11) is 0. The molecule has 0 amide bonds. The summed E-state index contributed by atoms with van der Waals surface area (Å²) in [5.41, 5.74) is 2.53. The van der Waals surface area contributed by atoms with Crippen LogP contribution in [0.25, 0.3) is 5.69 Å². The fourth-order valence-electron chi connectivity index (χ4n) is 3.57. The van der Waals surface area contributed by atoms with Crippen LogP contribution < -0.4 is 5.32 Å². The summed E-state index contributed by atoms with van der Waals surface area (Å²) in [6, 6.07) is 15.8. The zero-order chi connectivity index (χ0) is 18.8. The van der Waals surface area contributed by atoms with E-state index in [4.69, 9.17) is 12.2 Å². The van der Waals surface area contributed by atoms with Crippen molar-refractivity contribution < 1.29 is 9.50 Å². The van der Waals surface area contributed by atoms with Crippen LogP contribution >= 0.6 is 12.2 Å². The Morgan fingerprint density at radius 2 is 2.04 bits per heavy atom. The van der Waals surface area contributed by atoms with Gasteiger partial charge in [-0.3, -0.25) is 4.98 Å². The molecule has 5 nitrogen and oxygen atoms in total. The molecule has 4 rings (SSSR count). The van der Waals surface area contributed by atoms with Crippen LogP contribution in [0.4, 0.5) is 4.39 Å². The van der Waals surface area contributed by atoms with Gasteiger partial charge in [0, 0.05) is 30.3 Å². The predicted octanol–water partition coefficient (Wildman–Crippen LogP) is 2.98. The van der Waals surface area contributed by atoms with Gasteiger partial charge in [-0.25, -0.2) is 4.39 Å². The monoisotopic (exact) mass is 382 g/mol. The topological polar surface area (TPSA) is 53.3 Å². The number of rotatable bonds is 5. The summed E-state index contributed by atoms with van der Waals surface area (Å²) in [5, 5.41) is 13.4. The Labute approximate surface area is 162 Å². The smallest absolute Gasteiger partial charge is 0.170 e. The number of hydrogen-bond donors (Lipinski definition) is 2. The SMILES string of the molecule is OCCN1C(=S)N[C@@H](c2ccccn2)[C@H]1c1cccn1-c1cccc(F)c1. The van der Waals surface area contributed by atoms with E-state index in [0.717, 1.165) is 17.1 Å². The Hall–Kier alpha value is -2.77. The first-order valence-corrected chi connectivity index (χ1v) is 9.12. The van der Waals surface area contributed by atoms with Crippen LogP contribution in [0.2, 0.25) is 0 Å². The van der Waals surface area contributed by atoms with Gasteiger partial charge < -0.3 is 19.9 Å². The van der Waals surface area contributed by atoms with E-state index >= 15 is 0 Å². The Kier molecular flexibility index (Phi) is 4.87. The second kappa shape index (κ2) is 7.46. The van der Waals surface area contributed by atoms with Crippen molar-refractivity contribution in [1.82, 2.24) is 19.8 Å². The number of thiocarbonyl (C=S) groups is 1. The van der Waals surface area contributed by atoms with Crippen LogP contribution in [0.1, 0.15) is 23.5 Å². The van der Waals surface area contributed by atoms with E-state index in [1.807, 2.05) is 52.1 Å². The van der Waals surface area contributed by atoms with E-state index in [0.29, 0.717) is 11.7 Å². The molecule has 1 aromatic carbocycles. The van der Waals surface area contributed by atoms with Gasteiger partial charge in [0.25, 0.3) is 0 Å². The highest BCUT2D eigenvalue weighted by Gasteiger charge is 2.40. The lowest BCUT2D eigenvalue weighted by Gasteiger charge is -2.28. The zero-order valence-electron chi connectivity index (χ0n) is 14.5. The molecule has 0 saturated carbocycles. The number of hydrogen-bond acceptors (Lipinski definition) is 3. The van der Waals surface area contributed by atoms with Gasteiger partial charge in [0.2, 0.25) is 0 Å². The van der Waals surface area contributed by atoms with Crippen LogP contribution in [0, 0.1) is 5.82 Å². The molecule has 7 heteroatoms. The third kappa shape index (κ3) is 3.31. The number of aliphatic hydroxyl groups excluding tert-OH is 1. The lowest BCUT2D eigenvalue weighted by Crippen LogP contribution is -2.32. The maximum atomic E-state index is 13.8. The lowest BCUT2D eigenvalue weighted by atomic mass is 10.0. The lowest BCUT2D eigenvalue weighted by molar-refractivity contribution is 0.220. The van der Waals surface area contributed by atoms with Gasteiger partial charge in [-0.1, -0.05) is 12.1 Å². The molecule has 1 fully saturated rings. The molecule has 0 aliphatic carbocycles. The van der Waals surface area contributed by atoms with E-state index in [9.17, 15) is 9.50 Å². The first kappa shape index (κ1) is 17.6. The largest absolute Gasteiger partial charge is 0.395 e. The van der Waals surface area contributed by atoms with E-state index in [1.54, 1.807) is 12.3 Å². The van der Waals surface area contributed by atoms with Crippen LogP contribution in [0.15, 0.2) is 67.0 Å². The Morgan fingerprint density at radius 1 is 1.15 bits per heavy atom. The molecule has 0 radical (unpaired) electrons. The van der Waals surface area contributed by atoms with Crippen molar-refractivity contribution in [2.75, 3.05) is 13.2 Å². The minimum Gasteiger partial charge on any atom is -0.395 e. The highest BCUT2D eigenvalue weighted by molar-refractivity contribution is 7.80. The van der Waals surface area contributed by atoms with Crippen molar-refractivity contribution in [2.24, 2.45) is 0 Å². The second-order valence-electron chi connectivity index (χ2n) is 6.33. The Bertz CT molecular complexity index is 946. The van der Waals surface area contributed by atoms with Gasteiger partial charge in [-0.2, -0.15) is 0 Å². The van der Waals surface area contributed by atoms with Crippen molar-refractivity contribution in [3.8, 4) is 5.69 Å². The molecule has 0 unspecified atom stereocenters. The molecule has 1 saturated heterocycles. The standard InChI is InChI=1S/C20H19FN4OS/c21-14-5-3-6-15(13-14)24-10-4-8-17(24)19-18(16-7-1-2-9-22-16)23-20(27)25(19)11-12-26/h1-10,13,18-19,26H,11-12H2,(H,23,27)/t18-,19+/m0/s1. The van der Waals surface area contributed by atoms with E-state index in [2.05, 4.69) is 10.3 Å². The van der Waals surface area contributed by atoms with Crippen molar-refractivity contribution >= 4 is 17.3 Å². The quantitative estimate of drug-likeness (QED) is 0.665. The van der Waals surface area contributed by atoms with Crippen LogP contribution in [-0.4, -0.2) is 37.8 Å². The fraction of sp³-hybridized carbons (Fsp3) is 0.200. The minimum absolute atomic E-state index is 0.0199. The number of benzene rings is 1. The highest BCUT2D eigenvalue weighted by Crippen LogP contribution is 2.39. The Balaban J connectivity index is 1.81. The number of β-amino-alcohol motifs (C(OH)–C–C–N with tert-alkyl or cyclic N) is 1. The molecule has 0 bridgehead atoms. The number of nitrogens with one attached hydrogen (secondary N) is 1. The van der Waals surface area contributed by atoms with Gasteiger partial charge >= 0.3 is 0 Å². The summed E-state index contributed by atoms with van der Waals surface area (Å²) in [4.78, 5) is 6.44. The number of halogens is 1. The molecule has 1 aliphatic heterocycles. The van der Waals surface area contributed by atoms with Crippen LogP contribution in [-0.2, 0) is 0 Å². The highest BCUT2D eigenvalue weighted by atomic mass is 32.1. The Morgan fingerprint density at radius 3 is 2.78 bits per heavy atom. The van der Waals surface area contributed by atoms with E-state index < -0.39 is 0 Å². The molecule has 27 heavy (non-hydrogen) atoms. The van der Waals surface area contributed by atoms with Crippen LogP contribution in [0.5, 0.6) is 0 Å². The maximum Gasteiger partial charge on any atom is 0.170 e. The van der Waals surface area contributed by atoms with Gasteiger partial charge in [0.15, 0.2) is 5.11 Å². The molecule has 138 valence electrons. The summed E-state index contributed by atoms with van der Waals surface area (Å²) in [6.45, 7) is 0.377. The second-order valence-corrected chi connectivity index (χ2v) is 6.71. The molecule has 0 spiro atoms. The average Bonchev–Trinajstić information content (AvgIpc) is 3.28. The van der Waals surface area contributed by atoms with Gasteiger partial charge in [0.1, 0.15) is 5.82 Å². The van der Waals surface area contributed by atoms with Crippen molar-refractivity contribution in [3.05, 3.63) is 84.2 Å². The van der Waals surface area contributed by atoms with Gasteiger partial charge in [0.05, 0.1) is 24.4 Å². The summed E-state index contributed by atoms with van der Waals surface area (Å²) in [5.74, 6) is -0.291. The zero-order valence-corrected chi connectivity index (χ0v) is 15.3. The molecular weight excluding hydrogens is 363 g/mol. The molecular formula is C20H19FN4OS. The van der Waals surface area contributed by atoms with Crippen molar-refractivity contribution in [1.29, 1.82) is 0 Å². The molecule has 1 aliphatic rings.